The number of anilines is 3. The van der Waals surface area contributed by atoms with Crippen LogP contribution in [0.4, 0.5) is 17.1 Å². The van der Waals surface area contributed by atoms with Crippen LogP contribution < -0.4 is 9.64 Å². The van der Waals surface area contributed by atoms with Crippen LogP contribution in [0.25, 0.3) is 77.6 Å². The maximum Gasteiger partial charge on any atom is 0.152 e. The average molecular weight is 770 g/mol. The second-order valence-electron chi connectivity index (χ2n) is 16.5. The first-order valence-electron chi connectivity index (χ1n) is 20.7. The molecule has 3 heteroatoms. The van der Waals surface area contributed by atoms with Crippen molar-refractivity contribution in [2.45, 2.75) is 19.3 Å². The smallest absolute Gasteiger partial charge is 0.152 e. The van der Waals surface area contributed by atoms with Crippen molar-refractivity contribution in [1.82, 2.24) is 0 Å². The molecule has 0 saturated carbocycles. The van der Waals surface area contributed by atoms with Crippen molar-refractivity contribution in [3.05, 3.63) is 211 Å². The molecule has 12 rings (SSSR count). The summed E-state index contributed by atoms with van der Waals surface area (Å²) >= 11 is 0. The maximum absolute atomic E-state index is 7.12. The summed E-state index contributed by atoms with van der Waals surface area (Å²) in [7, 11) is 0. The topological polar surface area (TPSA) is 25.6 Å². The predicted octanol–water partition coefficient (Wildman–Crippen LogP) is 16.1. The Labute approximate surface area is 349 Å². The standard InChI is InChI=1S/C57H39NO2/c1-57(2)49-25-11-9-19-45(49)47-23-13-21-43(55(47)57)38-27-29-50-53(34-38)59-54-35-39(44-22-14-24-48-46-20-10-12-26-52(46)60-56(44)48)28-30-51(54)58(50)42-32-40(36-15-5-3-6-16-36)31-41(33-42)37-17-7-4-8-18-37/h3-35H,1-2H3. The summed E-state index contributed by atoms with van der Waals surface area (Å²) in [6.45, 7) is 4.70. The average Bonchev–Trinajstić information content (AvgIpc) is 3.80. The Morgan fingerprint density at radius 3 is 1.67 bits per heavy atom. The molecule has 0 amide bonds. The first-order valence-corrected chi connectivity index (χ1v) is 20.7. The van der Waals surface area contributed by atoms with Gasteiger partial charge in [-0.15, -0.1) is 0 Å². The van der Waals surface area contributed by atoms with Crippen LogP contribution in [0.5, 0.6) is 11.5 Å². The molecular formula is C57H39NO2. The molecule has 1 aliphatic heterocycles. The van der Waals surface area contributed by atoms with Crippen LogP contribution in [0.2, 0.25) is 0 Å². The Bertz CT molecular complexity index is 3260. The van der Waals surface area contributed by atoms with Crippen LogP contribution in [-0.4, -0.2) is 0 Å². The molecule has 0 saturated heterocycles. The molecule has 0 unspecified atom stereocenters. The molecule has 0 N–H and O–H groups in total. The van der Waals surface area contributed by atoms with Gasteiger partial charge in [-0.1, -0.05) is 166 Å². The highest BCUT2D eigenvalue weighted by molar-refractivity contribution is 6.09. The van der Waals surface area contributed by atoms with Crippen LogP contribution in [0.1, 0.15) is 25.0 Å². The highest BCUT2D eigenvalue weighted by atomic mass is 16.5. The molecular weight excluding hydrogens is 731 g/mol. The van der Waals surface area contributed by atoms with E-state index in [-0.39, 0.29) is 5.41 Å². The van der Waals surface area contributed by atoms with Crippen LogP contribution in [-0.2, 0) is 5.41 Å². The number of hydrogen-bond acceptors (Lipinski definition) is 3. The molecule has 1 aromatic heterocycles. The van der Waals surface area contributed by atoms with E-state index in [1.165, 1.54) is 27.8 Å². The minimum absolute atomic E-state index is 0.157. The van der Waals surface area contributed by atoms with Crippen molar-refractivity contribution in [2.24, 2.45) is 0 Å². The predicted molar refractivity (Wildman–Crippen MR) is 248 cm³/mol. The lowest BCUT2D eigenvalue weighted by Crippen LogP contribution is -2.17. The van der Waals surface area contributed by atoms with Crippen LogP contribution in [0, 0.1) is 0 Å². The Hall–Kier alpha value is -7.62. The molecule has 2 heterocycles. The number of ether oxygens (including phenoxy) is 1. The molecule has 0 atom stereocenters. The van der Waals surface area contributed by atoms with Crippen molar-refractivity contribution < 1.29 is 9.15 Å². The zero-order chi connectivity index (χ0) is 40.0. The van der Waals surface area contributed by atoms with Gasteiger partial charge in [-0.05, 0) is 110 Å². The van der Waals surface area contributed by atoms with Crippen LogP contribution in [0.3, 0.4) is 0 Å². The third-order valence-corrected chi connectivity index (χ3v) is 12.6. The number of fused-ring (bicyclic) bond motifs is 8. The summed E-state index contributed by atoms with van der Waals surface area (Å²) in [4.78, 5) is 2.37. The van der Waals surface area contributed by atoms with Crippen molar-refractivity contribution in [1.29, 1.82) is 0 Å². The van der Waals surface area contributed by atoms with Gasteiger partial charge in [-0.3, -0.25) is 0 Å². The lowest BCUT2D eigenvalue weighted by atomic mass is 9.79. The number of nitrogens with zero attached hydrogens (tertiary/aromatic N) is 1. The third kappa shape index (κ3) is 5.29. The zero-order valence-corrected chi connectivity index (χ0v) is 33.3. The Morgan fingerprint density at radius 1 is 0.400 bits per heavy atom. The zero-order valence-electron chi connectivity index (χ0n) is 33.3. The van der Waals surface area contributed by atoms with Gasteiger partial charge in [0.15, 0.2) is 11.5 Å². The van der Waals surface area contributed by atoms with E-state index in [0.29, 0.717) is 0 Å². The normalized spacial score (nSPS) is 13.4. The van der Waals surface area contributed by atoms with Gasteiger partial charge in [0.25, 0.3) is 0 Å². The number of para-hydroxylation sites is 2. The van der Waals surface area contributed by atoms with Crippen molar-refractivity contribution >= 4 is 39.0 Å². The van der Waals surface area contributed by atoms with Gasteiger partial charge in [0, 0.05) is 27.4 Å². The second kappa shape index (κ2) is 13.2. The van der Waals surface area contributed by atoms with Gasteiger partial charge in [-0.25, -0.2) is 0 Å². The molecule has 3 nitrogen and oxygen atoms in total. The lowest BCUT2D eigenvalue weighted by Gasteiger charge is -2.34. The Balaban J connectivity index is 1.07. The van der Waals surface area contributed by atoms with Gasteiger partial charge in [-0.2, -0.15) is 0 Å². The summed E-state index contributed by atoms with van der Waals surface area (Å²) in [6.07, 6.45) is 0. The lowest BCUT2D eigenvalue weighted by molar-refractivity contribution is 0.477. The van der Waals surface area contributed by atoms with E-state index in [4.69, 9.17) is 9.15 Å². The third-order valence-electron chi connectivity index (χ3n) is 12.6. The summed E-state index contributed by atoms with van der Waals surface area (Å²) in [5.41, 5.74) is 19.0. The minimum atomic E-state index is -0.157. The Kier molecular flexibility index (Phi) is 7.58. The van der Waals surface area contributed by atoms with Gasteiger partial charge in [0.05, 0.1) is 11.4 Å². The molecule has 2 aliphatic rings. The first-order chi connectivity index (χ1) is 29.5. The van der Waals surface area contributed by atoms with Crippen molar-refractivity contribution in [2.75, 3.05) is 4.90 Å². The fourth-order valence-electron chi connectivity index (χ4n) is 9.82. The highest BCUT2D eigenvalue weighted by Crippen LogP contribution is 2.56. The van der Waals surface area contributed by atoms with E-state index in [1.54, 1.807) is 0 Å². The SMILES string of the molecule is CC1(C)c2ccccc2-c2cccc(-c3ccc4c(c3)Oc3cc(-c5cccc6c5oc5ccccc56)ccc3N4c3cc(-c4ccccc4)cc(-c4ccccc4)c3)c21. The number of benzene rings is 9. The molecule has 284 valence electrons. The number of furan rings is 1. The van der Waals surface area contributed by atoms with E-state index in [1.807, 2.05) is 12.1 Å². The summed E-state index contributed by atoms with van der Waals surface area (Å²) in [6, 6.07) is 71.8. The van der Waals surface area contributed by atoms with Crippen molar-refractivity contribution in [3.8, 4) is 67.1 Å². The number of hydrogen-bond donors (Lipinski definition) is 0. The van der Waals surface area contributed by atoms with Gasteiger partial charge in [0.2, 0.25) is 0 Å². The first kappa shape index (κ1) is 34.4. The van der Waals surface area contributed by atoms with Crippen molar-refractivity contribution in [3.63, 3.8) is 0 Å². The second-order valence-corrected chi connectivity index (χ2v) is 16.5. The molecule has 10 aromatic rings. The quantitative estimate of drug-likeness (QED) is 0.174. The van der Waals surface area contributed by atoms with E-state index < -0.39 is 0 Å². The van der Waals surface area contributed by atoms with E-state index in [9.17, 15) is 0 Å². The summed E-state index contributed by atoms with van der Waals surface area (Å²) in [5.74, 6) is 1.58. The fraction of sp³-hybridized carbons (Fsp3) is 0.0526. The monoisotopic (exact) mass is 769 g/mol. The maximum atomic E-state index is 7.12. The molecule has 0 spiro atoms. The van der Waals surface area contributed by atoms with Crippen LogP contribution in [0.15, 0.2) is 205 Å². The molecule has 60 heavy (non-hydrogen) atoms. The Morgan fingerprint density at radius 2 is 0.950 bits per heavy atom. The molecule has 0 radical (unpaired) electrons. The van der Waals surface area contributed by atoms with E-state index >= 15 is 0 Å². The molecule has 0 fully saturated rings. The minimum Gasteiger partial charge on any atom is -0.455 e. The molecule has 1 aliphatic carbocycles. The molecule has 9 aromatic carbocycles. The van der Waals surface area contributed by atoms with E-state index in [2.05, 4.69) is 207 Å². The van der Waals surface area contributed by atoms with Gasteiger partial charge in [0.1, 0.15) is 11.2 Å². The van der Waals surface area contributed by atoms with Crippen LogP contribution >= 0.6 is 0 Å². The van der Waals surface area contributed by atoms with Gasteiger partial charge >= 0.3 is 0 Å². The summed E-state index contributed by atoms with van der Waals surface area (Å²) in [5, 5.41) is 2.22. The summed E-state index contributed by atoms with van der Waals surface area (Å²) < 4.78 is 13.6. The number of rotatable bonds is 5. The fourth-order valence-corrected chi connectivity index (χ4v) is 9.82. The largest absolute Gasteiger partial charge is 0.455 e. The highest BCUT2D eigenvalue weighted by Gasteiger charge is 2.38. The van der Waals surface area contributed by atoms with E-state index in [0.717, 1.165) is 89.4 Å². The van der Waals surface area contributed by atoms with Gasteiger partial charge < -0.3 is 14.1 Å². The molecule has 0 bridgehead atoms.